The number of carbonyl (C=O) groups is 1. The van der Waals surface area contributed by atoms with E-state index < -0.39 is 27.7 Å². The second-order valence-corrected chi connectivity index (χ2v) is 9.34. The number of nitrogens with zero attached hydrogens (tertiary/aromatic N) is 3. The molecule has 0 saturated carbocycles. The van der Waals surface area contributed by atoms with Gasteiger partial charge >= 0.3 is 6.18 Å². The summed E-state index contributed by atoms with van der Waals surface area (Å²) in [6.45, 7) is 0. The molecule has 32 heavy (non-hydrogen) atoms. The quantitative estimate of drug-likeness (QED) is 0.558. The maximum Gasteiger partial charge on any atom is 0.416 e. The number of hydrogen-bond acceptors (Lipinski definition) is 6. The second-order valence-electron chi connectivity index (χ2n) is 6.62. The summed E-state index contributed by atoms with van der Waals surface area (Å²) in [4.78, 5) is 19.4. The van der Waals surface area contributed by atoms with E-state index >= 15 is 0 Å². The van der Waals surface area contributed by atoms with E-state index in [9.17, 15) is 26.4 Å². The van der Waals surface area contributed by atoms with Crippen LogP contribution in [0.15, 0.2) is 64.7 Å². The molecule has 2 heterocycles. The monoisotopic (exact) mass is 481 g/mol. The summed E-state index contributed by atoms with van der Waals surface area (Å²) in [5, 5.41) is 1.12. The molecular formula is C20H14F3N3O4S2. The number of hydrogen-bond donors (Lipinski definition) is 0. The number of amides is 1. The van der Waals surface area contributed by atoms with Crippen molar-refractivity contribution in [2.45, 2.75) is 11.1 Å². The van der Waals surface area contributed by atoms with E-state index in [2.05, 4.69) is 9.98 Å². The van der Waals surface area contributed by atoms with E-state index in [1.807, 2.05) is 0 Å². The Morgan fingerprint density at radius 1 is 1.09 bits per heavy atom. The van der Waals surface area contributed by atoms with Crippen LogP contribution in [0.1, 0.15) is 5.56 Å². The van der Waals surface area contributed by atoms with Crippen LogP contribution < -0.4 is 9.04 Å². The molecule has 1 aliphatic rings. The van der Waals surface area contributed by atoms with E-state index in [0.717, 1.165) is 35.3 Å². The molecule has 0 unspecified atom stereocenters. The van der Waals surface area contributed by atoms with Gasteiger partial charge in [-0.1, -0.05) is 17.8 Å². The number of benzene rings is 2. The standard InChI is InChI=1S/C20H14F3N3O4S2/c1-30-17-9-14(20(21,22)23)3-5-16(17)26(19-25-18(27)11-31-19)32(28,29)15-4-2-13-10-24-7-6-12(13)8-15/h2-10H,11H2,1H3. The molecule has 1 aliphatic heterocycles. The summed E-state index contributed by atoms with van der Waals surface area (Å²) in [7, 11) is -3.26. The molecule has 166 valence electrons. The van der Waals surface area contributed by atoms with E-state index in [0.29, 0.717) is 16.8 Å². The highest BCUT2D eigenvalue weighted by atomic mass is 32.2. The Kier molecular flexibility index (Phi) is 5.59. The zero-order valence-electron chi connectivity index (χ0n) is 16.3. The number of methoxy groups -OCH3 is 1. The van der Waals surface area contributed by atoms with Gasteiger partial charge in [0.1, 0.15) is 11.4 Å². The zero-order valence-corrected chi connectivity index (χ0v) is 18.0. The van der Waals surface area contributed by atoms with Crippen LogP contribution in [-0.2, 0) is 21.0 Å². The lowest BCUT2D eigenvalue weighted by Crippen LogP contribution is -2.35. The van der Waals surface area contributed by atoms with Crippen LogP contribution in [0.25, 0.3) is 10.8 Å². The highest BCUT2D eigenvalue weighted by Gasteiger charge is 2.37. The molecule has 4 rings (SSSR count). The topological polar surface area (TPSA) is 88.9 Å². The van der Waals surface area contributed by atoms with Crippen molar-refractivity contribution in [2.75, 3.05) is 17.2 Å². The Morgan fingerprint density at radius 3 is 2.53 bits per heavy atom. The van der Waals surface area contributed by atoms with Gasteiger partial charge in [0.2, 0.25) is 0 Å². The van der Waals surface area contributed by atoms with E-state index in [1.165, 1.54) is 18.3 Å². The molecule has 0 aliphatic carbocycles. The lowest BCUT2D eigenvalue weighted by atomic mass is 10.2. The number of thioether (sulfide) groups is 1. The van der Waals surface area contributed by atoms with Gasteiger partial charge in [-0.25, -0.2) is 12.7 Å². The number of aromatic nitrogens is 1. The second kappa shape index (κ2) is 8.10. The minimum Gasteiger partial charge on any atom is -0.495 e. The summed E-state index contributed by atoms with van der Waals surface area (Å²) in [6, 6.07) is 8.38. The average Bonchev–Trinajstić information content (AvgIpc) is 3.18. The van der Waals surface area contributed by atoms with Crippen molar-refractivity contribution in [1.29, 1.82) is 0 Å². The third kappa shape index (κ3) is 4.02. The average molecular weight is 481 g/mol. The first-order chi connectivity index (χ1) is 15.1. The fraction of sp³-hybridized carbons (Fsp3) is 0.150. The van der Waals surface area contributed by atoms with Crippen molar-refractivity contribution in [1.82, 2.24) is 4.98 Å². The van der Waals surface area contributed by atoms with Crippen LogP contribution >= 0.6 is 11.8 Å². The molecule has 0 atom stereocenters. The number of carbonyl (C=O) groups excluding carboxylic acids is 1. The lowest BCUT2D eigenvalue weighted by molar-refractivity contribution is -0.137. The number of ether oxygens (including phenoxy) is 1. The van der Waals surface area contributed by atoms with Crippen molar-refractivity contribution < 1.29 is 31.1 Å². The van der Waals surface area contributed by atoms with Gasteiger partial charge in [-0.3, -0.25) is 9.78 Å². The number of pyridine rings is 1. The van der Waals surface area contributed by atoms with Crippen molar-refractivity contribution >= 4 is 49.3 Å². The van der Waals surface area contributed by atoms with E-state index in [-0.39, 0.29) is 27.3 Å². The molecule has 12 heteroatoms. The van der Waals surface area contributed by atoms with Gasteiger partial charge in [-0.2, -0.15) is 18.2 Å². The molecule has 2 aromatic carbocycles. The molecular weight excluding hydrogens is 467 g/mol. The normalized spacial score (nSPS) is 14.5. The lowest BCUT2D eigenvalue weighted by Gasteiger charge is -2.25. The fourth-order valence-corrected chi connectivity index (χ4v) is 5.62. The predicted molar refractivity (Wildman–Crippen MR) is 114 cm³/mol. The van der Waals surface area contributed by atoms with Crippen molar-refractivity contribution in [3.8, 4) is 5.75 Å². The molecule has 1 aromatic heterocycles. The van der Waals surface area contributed by atoms with Crippen LogP contribution in [0.4, 0.5) is 18.9 Å². The first-order valence-corrected chi connectivity index (χ1v) is 11.4. The minimum absolute atomic E-state index is 0.0896. The van der Waals surface area contributed by atoms with E-state index in [4.69, 9.17) is 4.74 Å². The maximum atomic E-state index is 13.6. The first-order valence-electron chi connectivity index (χ1n) is 9.00. The van der Waals surface area contributed by atoms with Crippen molar-refractivity contribution in [2.24, 2.45) is 4.99 Å². The number of alkyl halides is 3. The minimum atomic E-state index is -4.66. The Balaban J connectivity index is 1.91. The Bertz CT molecular complexity index is 1360. The van der Waals surface area contributed by atoms with Gasteiger partial charge in [0.05, 0.1) is 23.3 Å². The number of anilines is 1. The first kappa shape index (κ1) is 22.1. The Hall–Kier alpha value is -3.12. The summed E-state index contributed by atoms with van der Waals surface area (Å²) >= 11 is 0.867. The molecule has 0 bridgehead atoms. The number of sulfonamides is 1. The number of rotatable bonds is 4. The maximum absolute atomic E-state index is 13.6. The van der Waals surface area contributed by atoms with Crippen LogP contribution in [0.3, 0.4) is 0 Å². The van der Waals surface area contributed by atoms with Gasteiger partial charge in [0.25, 0.3) is 15.9 Å². The number of fused-ring (bicyclic) bond motifs is 1. The predicted octanol–water partition coefficient (Wildman–Crippen LogP) is 4.09. The highest BCUT2D eigenvalue weighted by molar-refractivity contribution is 8.16. The summed E-state index contributed by atoms with van der Waals surface area (Å²) in [6.07, 6.45) is -1.58. The third-order valence-corrected chi connectivity index (χ3v) is 7.33. The van der Waals surface area contributed by atoms with Gasteiger partial charge < -0.3 is 4.74 Å². The van der Waals surface area contributed by atoms with Crippen LogP contribution in [0.5, 0.6) is 5.75 Å². The zero-order chi connectivity index (χ0) is 23.1. The Morgan fingerprint density at radius 2 is 1.88 bits per heavy atom. The summed E-state index contributed by atoms with van der Waals surface area (Å²) < 4.78 is 72.6. The molecule has 0 fully saturated rings. The third-order valence-electron chi connectivity index (χ3n) is 4.59. The number of amidine groups is 1. The van der Waals surface area contributed by atoms with Crippen LogP contribution in [0.2, 0.25) is 0 Å². The van der Waals surface area contributed by atoms with Gasteiger partial charge in [-0.15, -0.1) is 0 Å². The molecule has 1 amide bonds. The van der Waals surface area contributed by atoms with Gasteiger partial charge in [-0.05, 0) is 41.8 Å². The molecule has 0 N–H and O–H groups in total. The van der Waals surface area contributed by atoms with E-state index in [1.54, 1.807) is 18.3 Å². The SMILES string of the molecule is COc1cc(C(F)(F)F)ccc1N(C1=NC(=O)CS1)S(=O)(=O)c1ccc2cnccc2c1. The summed E-state index contributed by atoms with van der Waals surface area (Å²) in [5.74, 6) is -0.982. The molecule has 0 saturated heterocycles. The Labute approximate surface area is 185 Å². The van der Waals surface area contributed by atoms with Crippen LogP contribution in [-0.4, -0.2) is 37.3 Å². The molecule has 0 radical (unpaired) electrons. The van der Waals surface area contributed by atoms with Gasteiger partial charge in [0.15, 0.2) is 5.17 Å². The van der Waals surface area contributed by atoms with Gasteiger partial charge in [0, 0.05) is 17.8 Å². The largest absolute Gasteiger partial charge is 0.495 e. The van der Waals surface area contributed by atoms with Crippen molar-refractivity contribution in [3.63, 3.8) is 0 Å². The van der Waals surface area contributed by atoms with Crippen LogP contribution in [0, 0.1) is 0 Å². The fourth-order valence-electron chi connectivity index (χ4n) is 3.09. The molecule has 7 nitrogen and oxygen atoms in total. The molecule has 3 aromatic rings. The molecule has 0 spiro atoms. The smallest absolute Gasteiger partial charge is 0.416 e. The highest BCUT2D eigenvalue weighted by Crippen LogP contribution is 2.40. The summed E-state index contributed by atoms with van der Waals surface area (Å²) in [5.41, 5.74) is -1.21. The number of aliphatic imine (C=N–C) groups is 1. The van der Waals surface area contributed by atoms with Crippen molar-refractivity contribution in [3.05, 3.63) is 60.4 Å². The number of halogens is 3.